The summed E-state index contributed by atoms with van der Waals surface area (Å²) in [5, 5.41) is 2.86. The highest BCUT2D eigenvalue weighted by Crippen LogP contribution is 2.35. The summed E-state index contributed by atoms with van der Waals surface area (Å²) < 4.78 is 0. The lowest BCUT2D eigenvalue weighted by molar-refractivity contribution is -0.122. The van der Waals surface area contributed by atoms with E-state index in [4.69, 9.17) is 0 Å². The Bertz CT molecular complexity index is 791. The van der Waals surface area contributed by atoms with Crippen LogP contribution in [0, 0.1) is 0 Å². The zero-order valence-corrected chi connectivity index (χ0v) is 15.3. The summed E-state index contributed by atoms with van der Waals surface area (Å²) in [7, 11) is 0. The van der Waals surface area contributed by atoms with Crippen LogP contribution >= 0.6 is 11.8 Å². The molecular weight excluding hydrogens is 332 g/mol. The van der Waals surface area contributed by atoms with Gasteiger partial charge in [-0.25, -0.2) is 0 Å². The minimum Gasteiger partial charge on any atom is -0.355 e. The Morgan fingerprint density at radius 2 is 1.84 bits per heavy atom. The first-order valence-electron chi connectivity index (χ1n) is 8.58. The number of carbonyl (C=O) groups excluding carboxylic acids is 2. The van der Waals surface area contributed by atoms with Crippen LogP contribution in [0.1, 0.15) is 29.8 Å². The molecule has 1 unspecified atom stereocenters. The summed E-state index contributed by atoms with van der Waals surface area (Å²) in [6.07, 6.45) is 0.552. The number of likely N-dealkylation sites (N-methyl/N-ethyl adjacent to an activating group) is 1. The molecule has 0 saturated carbocycles. The van der Waals surface area contributed by atoms with Crippen molar-refractivity contribution in [3.63, 3.8) is 0 Å². The first-order valence-corrected chi connectivity index (χ1v) is 9.57. The van der Waals surface area contributed by atoms with Crippen LogP contribution in [0.2, 0.25) is 0 Å². The van der Waals surface area contributed by atoms with Crippen LogP contribution in [0.15, 0.2) is 53.4 Å². The molecule has 0 aromatic heterocycles. The molecule has 5 heteroatoms. The maximum atomic E-state index is 13.4. The normalized spacial score (nSPS) is 15.8. The average Bonchev–Trinajstić information content (AvgIpc) is 3.02. The lowest BCUT2D eigenvalue weighted by Gasteiger charge is -2.25. The number of benzene rings is 2. The molecule has 0 spiro atoms. The van der Waals surface area contributed by atoms with Crippen molar-refractivity contribution in [1.29, 1.82) is 0 Å². The molecule has 0 aliphatic carbocycles. The Morgan fingerprint density at radius 3 is 2.60 bits per heavy atom. The van der Waals surface area contributed by atoms with Gasteiger partial charge in [-0.15, -0.1) is 11.8 Å². The Balaban J connectivity index is 2.02. The fraction of sp³-hybridized carbons (Fsp3) is 0.300. The van der Waals surface area contributed by atoms with E-state index in [2.05, 4.69) is 12.2 Å². The van der Waals surface area contributed by atoms with Crippen molar-refractivity contribution in [2.24, 2.45) is 0 Å². The number of hydrogen-bond donors (Lipinski definition) is 1. The Morgan fingerprint density at radius 1 is 1.12 bits per heavy atom. The van der Waals surface area contributed by atoms with Crippen molar-refractivity contribution in [2.45, 2.75) is 31.2 Å². The molecule has 4 nitrogen and oxygen atoms in total. The van der Waals surface area contributed by atoms with Crippen molar-refractivity contribution >= 4 is 29.3 Å². The number of thioether (sulfide) groups is 1. The zero-order chi connectivity index (χ0) is 17.8. The molecule has 1 N–H and O–H groups in total. The number of nitrogens with zero attached hydrogens (tertiary/aromatic N) is 1. The van der Waals surface area contributed by atoms with Crippen LogP contribution < -0.4 is 10.2 Å². The highest BCUT2D eigenvalue weighted by molar-refractivity contribution is 7.99. The van der Waals surface area contributed by atoms with Crippen LogP contribution in [0.4, 0.5) is 5.69 Å². The quantitative estimate of drug-likeness (QED) is 0.836. The fourth-order valence-corrected chi connectivity index (χ4v) is 3.99. The number of carbonyl (C=O) groups is 2. The third-order valence-electron chi connectivity index (χ3n) is 4.27. The Hall–Kier alpha value is -2.27. The van der Waals surface area contributed by atoms with E-state index in [0.717, 1.165) is 21.9 Å². The van der Waals surface area contributed by atoms with E-state index in [9.17, 15) is 9.59 Å². The van der Waals surface area contributed by atoms with Gasteiger partial charge in [-0.05, 0) is 36.4 Å². The Labute approximate surface area is 152 Å². The number of amides is 2. The van der Waals surface area contributed by atoms with Gasteiger partial charge in [0.2, 0.25) is 5.91 Å². The number of nitrogens with one attached hydrogen (secondary N) is 1. The molecule has 0 saturated heterocycles. The predicted octanol–water partition coefficient (Wildman–Crippen LogP) is 3.51. The summed E-state index contributed by atoms with van der Waals surface area (Å²) in [5.41, 5.74) is 2.52. The molecule has 0 fully saturated rings. The zero-order valence-electron chi connectivity index (χ0n) is 14.5. The molecule has 1 heterocycles. The van der Waals surface area contributed by atoms with E-state index in [0.29, 0.717) is 18.5 Å². The van der Waals surface area contributed by atoms with Gasteiger partial charge < -0.3 is 5.32 Å². The number of rotatable bonds is 5. The van der Waals surface area contributed by atoms with E-state index in [1.54, 1.807) is 16.7 Å². The van der Waals surface area contributed by atoms with Crippen molar-refractivity contribution in [3.8, 4) is 0 Å². The van der Waals surface area contributed by atoms with Gasteiger partial charge in [0.05, 0.1) is 5.56 Å². The van der Waals surface area contributed by atoms with Crippen LogP contribution in [-0.4, -0.2) is 30.2 Å². The van der Waals surface area contributed by atoms with Gasteiger partial charge in [0, 0.05) is 23.5 Å². The monoisotopic (exact) mass is 354 g/mol. The molecule has 3 rings (SSSR count). The van der Waals surface area contributed by atoms with Crippen LogP contribution in [0.3, 0.4) is 0 Å². The molecule has 2 aromatic carbocycles. The second-order valence-electron chi connectivity index (χ2n) is 5.85. The van der Waals surface area contributed by atoms with Gasteiger partial charge in [0.15, 0.2) is 0 Å². The minimum absolute atomic E-state index is 0.104. The lowest BCUT2D eigenvalue weighted by atomic mass is 10.1. The van der Waals surface area contributed by atoms with E-state index in [1.165, 1.54) is 0 Å². The lowest BCUT2D eigenvalue weighted by Crippen LogP contribution is -2.48. The first-order chi connectivity index (χ1) is 12.2. The van der Waals surface area contributed by atoms with Gasteiger partial charge in [0.25, 0.3) is 5.91 Å². The maximum absolute atomic E-state index is 13.4. The van der Waals surface area contributed by atoms with E-state index in [1.807, 2.05) is 55.5 Å². The molecule has 1 atom stereocenters. The summed E-state index contributed by atoms with van der Waals surface area (Å²) in [6.45, 7) is 4.50. The number of hydrogen-bond acceptors (Lipinski definition) is 3. The van der Waals surface area contributed by atoms with E-state index >= 15 is 0 Å². The summed E-state index contributed by atoms with van der Waals surface area (Å²) in [5.74, 6) is 0.672. The largest absolute Gasteiger partial charge is 0.355 e. The van der Waals surface area contributed by atoms with Gasteiger partial charge >= 0.3 is 0 Å². The predicted molar refractivity (Wildman–Crippen MR) is 102 cm³/mol. The maximum Gasteiger partial charge on any atom is 0.260 e. The summed E-state index contributed by atoms with van der Waals surface area (Å²) in [4.78, 5) is 28.5. The topological polar surface area (TPSA) is 49.4 Å². The first kappa shape index (κ1) is 17.5. The third kappa shape index (κ3) is 3.42. The van der Waals surface area contributed by atoms with Gasteiger partial charge in [-0.1, -0.05) is 37.3 Å². The molecule has 2 amide bonds. The van der Waals surface area contributed by atoms with Gasteiger partial charge in [0.1, 0.15) is 6.04 Å². The Kier molecular flexibility index (Phi) is 5.43. The standard InChI is InChI=1S/C20H22N2O2S/c1-3-21-19(23)17-13-14-9-5-7-11-16(14)22(17)20(24)15-10-6-8-12-18(15)25-4-2/h5-12,17H,3-4,13H2,1-2H3,(H,21,23). The fourth-order valence-electron chi connectivity index (χ4n) is 3.19. The number of fused-ring (bicyclic) bond motifs is 1. The van der Waals surface area contributed by atoms with Crippen LogP contribution in [0.25, 0.3) is 0 Å². The second-order valence-corrected chi connectivity index (χ2v) is 7.15. The number of anilines is 1. The SMILES string of the molecule is CCNC(=O)C1Cc2ccccc2N1C(=O)c1ccccc1SCC. The molecule has 25 heavy (non-hydrogen) atoms. The van der Waals surface area contributed by atoms with E-state index in [-0.39, 0.29) is 11.8 Å². The van der Waals surface area contributed by atoms with Gasteiger partial charge in [-0.2, -0.15) is 0 Å². The minimum atomic E-state index is -0.496. The smallest absolute Gasteiger partial charge is 0.260 e. The highest BCUT2D eigenvalue weighted by atomic mass is 32.2. The molecule has 0 bridgehead atoms. The summed E-state index contributed by atoms with van der Waals surface area (Å²) in [6, 6.07) is 14.9. The molecule has 2 aromatic rings. The molecular formula is C20H22N2O2S. The van der Waals surface area contributed by atoms with Crippen molar-refractivity contribution in [2.75, 3.05) is 17.2 Å². The van der Waals surface area contributed by atoms with Crippen molar-refractivity contribution < 1.29 is 9.59 Å². The summed E-state index contributed by atoms with van der Waals surface area (Å²) >= 11 is 1.64. The number of para-hydroxylation sites is 1. The second kappa shape index (κ2) is 7.74. The highest BCUT2D eigenvalue weighted by Gasteiger charge is 2.38. The van der Waals surface area contributed by atoms with Crippen LogP contribution in [0.5, 0.6) is 0 Å². The third-order valence-corrected chi connectivity index (χ3v) is 5.22. The van der Waals surface area contributed by atoms with Crippen molar-refractivity contribution in [1.82, 2.24) is 5.32 Å². The average molecular weight is 354 g/mol. The van der Waals surface area contributed by atoms with Gasteiger partial charge in [-0.3, -0.25) is 14.5 Å². The van der Waals surface area contributed by atoms with E-state index < -0.39 is 6.04 Å². The van der Waals surface area contributed by atoms with Crippen LogP contribution in [-0.2, 0) is 11.2 Å². The molecule has 1 aliphatic heterocycles. The molecule has 130 valence electrons. The molecule has 0 radical (unpaired) electrons. The molecule has 1 aliphatic rings. The van der Waals surface area contributed by atoms with Crippen molar-refractivity contribution in [3.05, 3.63) is 59.7 Å².